The Morgan fingerprint density at radius 1 is 1.15 bits per heavy atom. The molecular weight excluding hydrogens is 162 g/mol. The van der Waals surface area contributed by atoms with Crippen molar-refractivity contribution in [3.63, 3.8) is 0 Å². The highest BCUT2D eigenvalue weighted by molar-refractivity contribution is 5.80. The van der Waals surface area contributed by atoms with Gasteiger partial charge in [-0.05, 0) is 18.4 Å². The smallest absolute Gasteiger partial charge is 0.230 e. The van der Waals surface area contributed by atoms with Crippen molar-refractivity contribution in [2.75, 3.05) is 6.61 Å². The molecule has 0 N–H and O–H groups in total. The van der Waals surface area contributed by atoms with Gasteiger partial charge in [-0.2, -0.15) is 0 Å². The molecule has 1 aromatic carbocycles. The van der Waals surface area contributed by atoms with Gasteiger partial charge >= 0.3 is 0 Å². The largest absolute Gasteiger partial charge is 0.272 e. The molecule has 0 saturated heterocycles. The number of rotatable bonds is 2. The van der Waals surface area contributed by atoms with Crippen LogP contribution in [0.4, 0.5) is 0 Å². The van der Waals surface area contributed by atoms with Gasteiger partial charge in [0.1, 0.15) is 0 Å². The van der Waals surface area contributed by atoms with E-state index in [1.165, 1.54) is 10.8 Å². The fourth-order valence-corrected chi connectivity index (χ4v) is 1.34. The number of benzene rings is 1. The summed E-state index contributed by atoms with van der Waals surface area (Å²) in [6, 6.07) is 10.3. The fraction of sp³-hybridized carbons (Fsp3) is 0.182. The van der Waals surface area contributed by atoms with Crippen molar-refractivity contribution in [2.24, 2.45) is 0 Å². The van der Waals surface area contributed by atoms with Crippen LogP contribution in [0.5, 0.6) is 0 Å². The molecule has 0 aliphatic carbocycles. The standard InChI is InChI=1S/C11H12NO/c1-2-13-12-8-7-10-5-3-4-6-11(10)9-12/h3-9H,2H2,1H3/q+1. The third kappa shape index (κ3) is 1.61. The average molecular weight is 174 g/mol. The summed E-state index contributed by atoms with van der Waals surface area (Å²) < 4.78 is 1.74. The van der Waals surface area contributed by atoms with Crippen LogP contribution in [0.2, 0.25) is 0 Å². The predicted molar refractivity (Wildman–Crippen MR) is 51.3 cm³/mol. The number of hydrogen-bond donors (Lipinski definition) is 0. The molecule has 0 amide bonds. The lowest BCUT2D eigenvalue weighted by Crippen LogP contribution is -2.41. The molecule has 0 aliphatic heterocycles. The second-order valence-electron chi connectivity index (χ2n) is 2.85. The lowest BCUT2D eigenvalue weighted by Gasteiger charge is -1.96. The minimum Gasteiger partial charge on any atom is -0.272 e. The lowest BCUT2D eigenvalue weighted by molar-refractivity contribution is -0.890. The molecule has 2 rings (SSSR count). The Balaban J connectivity index is 2.49. The summed E-state index contributed by atoms with van der Waals surface area (Å²) in [6.07, 6.45) is 3.91. The first kappa shape index (κ1) is 8.05. The van der Waals surface area contributed by atoms with Gasteiger partial charge in [-0.1, -0.05) is 18.2 Å². The third-order valence-corrected chi connectivity index (χ3v) is 1.94. The molecule has 2 aromatic rings. The topological polar surface area (TPSA) is 13.1 Å². The van der Waals surface area contributed by atoms with Gasteiger partial charge in [0.25, 0.3) is 0 Å². The van der Waals surface area contributed by atoms with Gasteiger partial charge < -0.3 is 0 Å². The maximum atomic E-state index is 5.33. The van der Waals surface area contributed by atoms with Crippen molar-refractivity contribution in [1.82, 2.24) is 0 Å². The van der Waals surface area contributed by atoms with Gasteiger partial charge in [-0.25, -0.2) is 0 Å². The summed E-state index contributed by atoms with van der Waals surface area (Å²) in [4.78, 5) is 5.33. The van der Waals surface area contributed by atoms with Crippen LogP contribution < -0.4 is 9.57 Å². The third-order valence-electron chi connectivity index (χ3n) is 1.94. The Hall–Kier alpha value is -1.57. The molecule has 0 saturated carbocycles. The number of aromatic nitrogens is 1. The Morgan fingerprint density at radius 2 is 1.92 bits per heavy atom. The van der Waals surface area contributed by atoms with Gasteiger partial charge in [0, 0.05) is 10.8 Å². The number of fused-ring (bicyclic) bond motifs is 1. The van der Waals surface area contributed by atoms with Gasteiger partial charge in [-0.15, -0.1) is 0 Å². The molecule has 0 unspecified atom stereocenters. The summed E-state index contributed by atoms with van der Waals surface area (Å²) in [5.74, 6) is 0. The van der Waals surface area contributed by atoms with E-state index in [4.69, 9.17) is 4.84 Å². The summed E-state index contributed by atoms with van der Waals surface area (Å²) in [7, 11) is 0. The summed E-state index contributed by atoms with van der Waals surface area (Å²) in [5, 5.41) is 2.43. The highest BCUT2D eigenvalue weighted by Gasteiger charge is 2.01. The van der Waals surface area contributed by atoms with Crippen LogP contribution >= 0.6 is 0 Å². The second-order valence-corrected chi connectivity index (χ2v) is 2.85. The van der Waals surface area contributed by atoms with E-state index in [1.807, 2.05) is 37.5 Å². The Labute approximate surface area is 77.3 Å². The first-order valence-corrected chi connectivity index (χ1v) is 4.43. The number of pyridine rings is 1. The quantitative estimate of drug-likeness (QED) is 0.630. The monoisotopic (exact) mass is 174 g/mol. The van der Waals surface area contributed by atoms with Crippen molar-refractivity contribution in [2.45, 2.75) is 6.92 Å². The minimum atomic E-state index is 0.684. The average Bonchev–Trinajstić information content (AvgIpc) is 2.18. The summed E-state index contributed by atoms with van der Waals surface area (Å²) in [5.41, 5.74) is 0. The van der Waals surface area contributed by atoms with E-state index in [1.54, 1.807) is 4.73 Å². The maximum absolute atomic E-state index is 5.33. The van der Waals surface area contributed by atoms with Crippen LogP contribution in [0.15, 0.2) is 42.7 Å². The molecule has 2 heteroatoms. The van der Waals surface area contributed by atoms with Crippen LogP contribution in [0.25, 0.3) is 10.8 Å². The zero-order valence-corrected chi connectivity index (χ0v) is 7.60. The molecule has 1 heterocycles. The van der Waals surface area contributed by atoms with Crippen molar-refractivity contribution in [3.05, 3.63) is 42.7 Å². The van der Waals surface area contributed by atoms with Gasteiger partial charge in [0.15, 0.2) is 6.61 Å². The molecule has 0 aliphatic rings. The van der Waals surface area contributed by atoms with Crippen LogP contribution in [0.1, 0.15) is 6.92 Å². The maximum Gasteiger partial charge on any atom is 0.230 e. The van der Waals surface area contributed by atoms with Crippen LogP contribution in [0, 0.1) is 0 Å². The number of hydrogen-bond acceptors (Lipinski definition) is 1. The molecule has 0 fully saturated rings. The molecule has 0 atom stereocenters. The highest BCUT2D eigenvalue weighted by atomic mass is 16.7. The van der Waals surface area contributed by atoms with E-state index in [-0.39, 0.29) is 0 Å². The molecule has 13 heavy (non-hydrogen) atoms. The van der Waals surface area contributed by atoms with E-state index in [2.05, 4.69) is 12.1 Å². The second kappa shape index (κ2) is 3.44. The normalized spacial score (nSPS) is 10.2. The Morgan fingerprint density at radius 3 is 2.69 bits per heavy atom. The molecule has 0 spiro atoms. The van der Waals surface area contributed by atoms with Gasteiger partial charge in [0.2, 0.25) is 12.4 Å². The Kier molecular flexibility index (Phi) is 2.13. The first-order chi connectivity index (χ1) is 6.40. The zero-order chi connectivity index (χ0) is 9.10. The summed E-state index contributed by atoms with van der Waals surface area (Å²) >= 11 is 0. The van der Waals surface area contributed by atoms with Crippen LogP contribution in [-0.2, 0) is 0 Å². The fourth-order valence-electron chi connectivity index (χ4n) is 1.34. The summed E-state index contributed by atoms with van der Waals surface area (Å²) in [6.45, 7) is 2.66. The van der Waals surface area contributed by atoms with Crippen LogP contribution in [0.3, 0.4) is 0 Å². The molecule has 1 aromatic heterocycles. The molecular formula is C11H12NO+. The molecule has 0 radical (unpaired) electrons. The van der Waals surface area contributed by atoms with Gasteiger partial charge in [-0.3, -0.25) is 4.84 Å². The molecule has 0 bridgehead atoms. The van der Waals surface area contributed by atoms with Crippen molar-refractivity contribution >= 4 is 10.8 Å². The van der Waals surface area contributed by atoms with E-state index in [0.29, 0.717) is 6.61 Å². The van der Waals surface area contributed by atoms with Crippen molar-refractivity contribution in [3.8, 4) is 0 Å². The van der Waals surface area contributed by atoms with Gasteiger partial charge in [0.05, 0.1) is 5.39 Å². The highest BCUT2D eigenvalue weighted by Crippen LogP contribution is 2.08. The van der Waals surface area contributed by atoms with E-state index in [0.717, 1.165) is 0 Å². The number of nitrogens with zero attached hydrogens (tertiary/aromatic N) is 1. The van der Waals surface area contributed by atoms with Crippen molar-refractivity contribution in [1.29, 1.82) is 0 Å². The van der Waals surface area contributed by atoms with Crippen LogP contribution in [-0.4, -0.2) is 6.61 Å². The van der Waals surface area contributed by atoms with Crippen molar-refractivity contribution < 1.29 is 9.57 Å². The molecule has 2 nitrogen and oxygen atoms in total. The SMILES string of the molecule is CCO[n+]1ccc2ccccc2c1. The first-order valence-electron chi connectivity index (χ1n) is 4.43. The van der Waals surface area contributed by atoms with E-state index >= 15 is 0 Å². The molecule has 66 valence electrons. The van der Waals surface area contributed by atoms with E-state index in [9.17, 15) is 0 Å². The predicted octanol–water partition coefficient (Wildman–Crippen LogP) is 1.58. The Bertz CT molecular complexity index is 412. The minimum absolute atomic E-state index is 0.684. The van der Waals surface area contributed by atoms with E-state index < -0.39 is 0 Å². The zero-order valence-electron chi connectivity index (χ0n) is 7.60. The lowest BCUT2D eigenvalue weighted by atomic mass is 10.2.